The molecule has 8 aromatic rings. The van der Waals surface area contributed by atoms with Gasteiger partial charge in [0.05, 0.1) is 19.2 Å². The Bertz CT molecular complexity index is 3290. The highest BCUT2D eigenvalue weighted by Crippen LogP contribution is 2.29. The molecule has 0 saturated carbocycles. The normalized spacial score (nSPS) is 11.5. The fourth-order valence-corrected chi connectivity index (χ4v) is 7.54. The smallest absolute Gasteiger partial charge is 0.416 e. The van der Waals surface area contributed by atoms with E-state index in [0.29, 0.717) is 62.9 Å². The molecule has 0 aliphatic carbocycles. The molecule has 398 valence electrons. The predicted molar refractivity (Wildman–Crippen MR) is 279 cm³/mol. The van der Waals surface area contributed by atoms with Gasteiger partial charge < -0.3 is 37.6 Å². The minimum atomic E-state index is -1.21. The third-order valence-corrected chi connectivity index (χ3v) is 12.2. The summed E-state index contributed by atoms with van der Waals surface area (Å²) in [7, 11) is 1.23. The Kier molecular flexibility index (Phi) is 18.5. The maximum absolute atomic E-state index is 13.9. The zero-order chi connectivity index (χ0) is 55.2. The lowest BCUT2D eigenvalue weighted by Crippen LogP contribution is -2.40. The lowest BCUT2D eigenvalue weighted by Gasteiger charge is -2.27. The second-order valence-electron chi connectivity index (χ2n) is 17.6. The summed E-state index contributed by atoms with van der Waals surface area (Å²) in [6.07, 6.45) is -1.72. The zero-order valence-corrected chi connectivity index (χ0v) is 43.3. The van der Waals surface area contributed by atoms with Crippen LogP contribution in [-0.4, -0.2) is 69.2 Å². The van der Waals surface area contributed by atoms with Crippen LogP contribution >= 0.6 is 0 Å². The van der Waals surface area contributed by atoms with Crippen molar-refractivity contribution in [3.8, 4) is 45.9 Å². The van der Waals surface area contributed by atoms with E-state index >= 15 is 0 Å². The first-order valence-electron chi connectivity index (χ1n) is 24.2. The molecule has 2 aromatic heterocycles. The second-order valence-corrected chi connectivity index (χ2v) is 17.6. The Morgan fingerprint density at radius 3 is 1.29 bits per heavy atom. The zero-order valence-electron chi connectivity index (χ0n) is 43.3. The fourth-order valence-electron chi connectivity index (χ4n) is 7.54. The number of oxazole rings is 2. The largest absolute Gasteiger partial charge is 0.487 e. The lowest BCUT2D eigenvalue weighted by molar-refractivity contribution is -0.142. The molecule has 0 spiro atoms. The molecule has 0 bridgehead atoms. The molecule has 18 heteroatoms. The lowest BCUT2D eigenvalue weighted by atomic mass is 10.1. The quantitative estimate of drug-likeness (QED) is 0.0798. The monoisotopic (exact) mass is 1050 g/mol. The minimum Gasteiger partial charge on any atom is -0.487 e. The summed E-state index contributed by atoms with van der Waals surface area (Å²) >= 11 is 0. The summed E-state index contributed by atoms with van der Waals surface area (Å²) in [5, 5.41) is 9.35. The summed E-state index contributed by atoms with van der Waals surface area (Å²) in [6.45, 7) is 9.75. The number of carboxylic acid groups (broad SMARTS) is 1. The number of methoxy groups -OCH3 is 1. The number of halogens is 2. The molecule has 0 fully saturated rings. The van der Waals surface area contributed by atoms with Crippen LogP contribution < -0.4 is 18.9 Å². The third kappa shape index (κ3) is 14.9. The third-order valence-electron chi connectivity index (χ3n) is 12.2. The first kappa shape index (κ1) is 55.4. The molecule has 2 heterocycles. The van der Waals surface area contributed by atoms with Gasteiger partial charge >= 0.3 is 24.1 Å². The molecule has 16 nitrogen and oxygen atoms in total. The predicted octanol–water partition coefficient (Wildman–Crippen LogP) is 12.7. The van der Waals surface area contributed by atoms with Crippen LogP contribution in [0.4, 0.5) is 18.4 Å². The average molecular weight is 1050 g/mol. The summed E-state index contributed by atoms with van der Waals surface area (Å²) in [5.74, 6) is 0.700. The SMILES string of the molecule is COC(=O)CN(C(=O)Oc1ccc(C)c(F)c1)[C@@H](C)c1ccc(OCc2nc(-c3ccccc3)oc2C)cc1.Cc1ccc(OC(=O)N(CC(=O)O)[C@@H](C)c2ccc(OCc3nc(-c4ccccc4)oc3C)cc2)cc1F. The molecule has 0 aliphatic rings. The number of hydrogen-bond donors (Lipinski definition) is 1. The van der Waals surface area contributed by atoms with E-state index in [1.807, 2.05) is 74.5 Å². The Morgan fingerprint density at radius 1 is 0.545 bits per heavy atom. The number of ether oxygens (including phenoxy) is 5. The maximum Gasteiger partial charge on any atom is 0.416 e. The Labute approximate surface area is 443 Å². The number of carboxylic acids is 1. The van der Waals surface area contributed by atoms with E-state index in [9.17, 15) is 33.1 Å². The van der Waals surface area contributed by atoms with Crippen LogP contribution in [0.15, 0.2) is 154 Å². The number of aromatic nitrogens is 2. The van der Waals surface area contributed by atoms with Crippen LogP contribution in [-0.2, 0) is 27.5 Å². The van der Waals surface area contributed by atoms with Crippen molar-refractivity contribution in [3.05, 3.63) is 202 Å². The summed E-state index contributed by atoms with van der Waals surface area (Å²) in [5.41, 5.74) is 5.32. The molecule has 77 heavy (non-hydrogen) atoms. The topological polar surface area (TPSA) is 193 Å². The molecule has 8 rings (SSSR count). The van der Waals surface area contributed by atoms with Gasteiger partial charge in [0.25, 0.3) is 0 Å². The number of aryl methyl sites for hydroxylation is 4. The minimum absolute atomic E-state index is 0.0111. The number of rotatable bonds is 18. The summed E-state index contributed by atoms with van der Waals surface area (Å²) < 4.78 is 66.5. The van der Waals surface area contributed by atoms with Gasteiger partial charge in [0.1, 0.15) is 83.8 Å². The van der Waals surface area contributed by atoms with Crippen molar-refractivity contribution in [2.24, 2.45) is 0 Å². The van der Waals surface area contributed by atoms with E-state index in [0.717, 1.165) is 33.7 Å². The summed E-state index contributed by atoms with van der Waals surface area (Å²) in [6, 6.07) is 40.1. The molecule has 2 atom stereocenters. The molecular formula is C59H56F2N4O12. The highest BCUT2D eigenvalue weighted by Gasteiger charge is 2.28. The fraction of sp³-hybridized carbons (Fsp3) is 0.220. The van der Waals surface area contributed by atoms with Crippen molar-refractivity contribution in [2.75, 3.05) is 20.2 Å². The number of carbonyl (C=O) groups is 4. The second kappa shape index (κ2) is 25.8. The van der Waals surface area contributed by atoms with E-state index in [1.165, 1.54) is 36.3 Å². The van der Waals surface area contributed by atoms with Crippen LogP contribution in [0.25, 0.3) is 22.9 Å². The number of carbonyl (C=O) groups excluding carboxylic acids is 3. The van der Waals surface area contributed by atoms with E-state index < -0.39 is 54.4 Å². The van der Waals surface area contributed by atoms with E-state index in [-0.39, 0.29) is 31.3 Å². The number of benzene rings is 6. The van der Waals surface area contributed by atoms with Crippen molar-refractivity contribution >= 4 is 24.1 Å². The first-order chi connectivity index (χ1) is 37.0. The maximum atomic E-state index is 13.9. The number of esters is 1. The molecule has 0 saturated heterocycles. The van der Waals surface area contributed by atoms with Crippen molar-refractivity contribution in [1.29, 1.82) is 0 Å². The Morgan fingerprint density at radius 2 is 0.922 bits per heavy atom. The van der Waals surface area contributed by atoms with E-state index in [1.54, 1.807) is 76.2 Å². The van der Waals surface area contributed by atoms with E-state index in [4.69, 9.17) is 32.5 Å². The van der Waals surface area contributed by atoms with Gasteiger partial charge in [-0.15, -0.1) is 0 Å². The van der Waals surface area contributed by atoms with Gasteiger partial charge in [-0.1, -0.05) is 72.8 Å². The van der Waals surface area contributed by atoms with Gasteiger partial charge in [0.2, 0.25) is 11.8 Å². The van der Waals surface area contributed by atoms with Crippen molar-refractivity contribution in [2.45, 2.75) is 66.8 Å². The van der Waals surface area contributed by atoms with Gasteiger partial charge in [-0.3, -0.25) is 19.4 Å². The molecule has 0 aliphatic heterocycles. The Balaban J connectivity index is 0.000000224. The molecule has 1 N–H and O–H groups in total. The van der Waals surface area contributed by atoms with Crippen molar-refractivity contribution < 1.29 is 65.6 Å². The van der Waals surface area contributed by atoms with Crippen LogP contribution in [0.1, 0.15) is 71.1 Å². The van der Waals surface area contributed by atoms with Crippen LogP contribution in [0, 0.1) is 39.3 Å². The Hall–Kier alpha value is -9.32. The average Bonchev–Trinajstić information content (AvgIpc) is 4.01. The highest BCUT2D eigenvalue weighted by atomic mass is 19.1. The van der Waals surface area contributed by atoms with Crippen molar-refractivity contribution in [1.82, 2.24) is 19.8 Å². The molecule has 2 amide bonds. The first-order valence-corrected chi connectivity index (χ1v) is 24.2. The van der Waals surface area contributed by atoms with E-state index in [2.05, 4.69) is 9.97 Å². The molecular weight excluding hydrogens is 995 g/mol. The van der Waals surface area contributed by atoms with Crippen LogP contribution in [0.5, 0.6) is 23.0 Å². The van der Waals surface area contributed by atoms with Crippen LogP contribution in [0.3, 0.4) is 0 Å². The van der Waals surface area contributed by atoms with Gasteiger partial charge in [0.15, 0.2) is 0 Å². The van der Waals surface area contributed by atoms with Crippen LogP contribution in [0.2, 0.25) is 0 Å². The molecule has 6 aromatic carbocycles. The number of nitrogens with zero attached hydrogens (tertiary/aromatic N) is 4. The number of hydrogen-bond acceptors (Lipinski definition) is 13. The summed E-state index contributed by atoms with van der Waals surface area (Å²) in [4.78, 5) is 60.6. The number of aliphatic carboxylic acids is 1. The number of amides is 2. The van der Waals surface area contributed by atoms with Crippen molar-refractivity contribution in [3.63, 3.8) is 0 Å². The van der Waals surface area contributed by atoms with Gasteiger partial charge in [-0.2, -0.15) is 0 Å². The van der Waals surface area contributed by atoms with Gasteiger partial charge in [0, 0.05) is 23.3 Å². The van der Waals surface area contributed by atoms with Gasteiger partial charge in [-0.05, 0) is 124 Å². The highest BCUT2D eigenvalue weighted by molar-refractivity contribution is 5.80. The molecule has 0 radical (unpaired) electrons. The van der Waals surface area contributed by atoms with Gasteiger partial charge in [-0.25, -0.2) is 28.3 Å². The standard InChI is InChI=1S/C30H29FN2O6.C29H27FN2O6/c1-19-10-13-25(16-26(19)31)39-30(35)33(17-28(34)36-4)20(2)22-11-14-24(15-12-22)37-18-27-21(3)38-29(32-27)23-8-6-5-7-9-23;1-18-9-12-24(15-25(18)30)38-29(35)32(16-27(33)34)19(2)21-10-13-23(14-11-21)36-17-26-20(3)37-28(31-26)22-7-5-4-6-8-22/h5-16,20H,17-18H2,1-4H3;4-15,19H,16-17H2,1-3H3,(H,33,34)/t20-;19-/m00/s1. The molecule has 0 unspecified atom stereocenters.